The number of benzene rings is 2. The van der Waals surface area contributed by atoms with E-state index in [1.165, 1.54) is 0 Å². The zero-order chi connectivity index (χ0) is 20.4. The molecule has 2 aromatic carbocycles. The maximum Gasteiger partial charge on any atom is 0.270 e. The molecule has 1 heterocycles. The number of thioether (sulfide) groups is 1. The van der Waals surface area contributed by atoms with Gasteiger partial charge in [-0.05, 0) is 44.0 Å². The Morgan fingerprint density at radius 3 is 2.79 bits per heavy atom. The summed E-state index contributed by atoms with van der Waals surface area (Å²) in [6.07, 6.45) is 3.24. The van der Waals surface area contributed by atoms with E-state index >= 15 is 0 Å². The Balaban J connectivity index is 1.81. The van der Waals surface area contributed by atoms with E-state index in [0.29, 0.717) is 28.6 Å². The molecule has 0 atom stereocenters. The Kier molecular flexibility index (Phi) is 6.11. The van der Waals surface area contributed by atoms with Crippen LogP contribution in [0.1, 0.15) is 30.9 Å². The standard InChI is InChI=1S/C22H18Cl2N2O2S/c1-2-28-26-22(27)14-8-10-20-18(12-14)25-21(13-7-9-16(23)17(24)11-13)15-5-3-4-6-19(15)29-20/h3-7,9,11-12H,2,8,10H2,1H3,(H,26,27). The third-order valence-corrected chi connectivity index (χ3v) is 6.59. The summed E-state index contributed by atoms with van der Waals surface area (Å²) in [5, 5.41) is 0.978. The molecule has 1 amide bonds. The van der Waals surface area contributed by atoms with Crippen molar-refractivity contribution in [3.8, 4) is 0 Å². The van der Waals surface area contributed by atoms with Crippen molar-refractivity contribution in [3.05, 3.63) is 85.9 Å². The first-order valence-electron chi connectivity index (χ1n) is 9.24. The summed E-state index contributed by atoms with van der Waals surface area (Å²) in [5.41, 5.74) is 6.62. The molecule has 2 aliphatic rings. The van der Waals surface area contributed by atoms with E-state index in [-0.39, 0.29) is 5.91 Å². The lowest BCUT2D eigenvalue weighted by atomic mass is 10.00. The molecular formula is C22H18Cl2N2O2S. The molecule has 0 unspecified atom stereocenters. The van der Waals surface area contributed by atoms with Gasteiger partial charge in [-0.25, -0.2) is 10.5 Å². The molecular weight excluding hydrogens is 427 g/mol. The van der Waals surface area contributed by atoms with Crippen LogP contribution in [-0.4, -0.2) is 18.2 Å². The zero-order valence-corrected chi connectivity index (χ0v) is 18.0. The van der Waals surface area contributed by atoms with Gasteiger partial charge in [0.2, 0.25) is 0 Å². The highest BCUT2D eigenvalue weighted by Crippen LogP contribution is 2.42. The molecule has 4 nitrogen and oxygen atoms in total. The number of carbonyl (C=O) groups excluding carboxylic acids is 1. The Hall–Kier alpha value is -2.05. The number of nitrogens with one attached hydrogen (secondary N) is 1. The average Bonchev–Trinajstić information content (AvgIpc) is 2.90. The third kappa shape index (κ3) is 4.28. The molecule has 1 aliphatic carbocycles. The minimum Gasteiger partial charge on any atom is -0.274 e. The summed E-state index contributed by atoms with van der Waals surface area (Å²) in [6, 6.07) is 13.7. The van der Waals surface area contributed by atoms with E-state index in [2.05, 4.69) is 17.6 Å². The Morgan fingerprint density at radius 1 is 1.17 bits per heavy atom. The van der Waals surface area contributed by atoms with Crippen LogP contribution in [0.4, 0.5) is 0 Å². The topological polar surface area (TPSA) is 50.7 Å². The quantitative estimate of drug-likeness (QED) is 0.593. The number of hydrogen-bond acceptors (Lipinski definition) is 4. The summed E-state index contributed by atoms with van der Waals surface area (Å²) < 4.78 is 0. The van der Waals surface area contributed by atoms with E-state index in [9.17, 15) is 4.79 Å². The Labute approximate surface area is 183 Å². The lowest BCUT2D eigenvalue weighted by Gasteiger charge is -2.16. The molecule has 2 aromatic rings. The molecule has 0 bridgehead atoms. The van der Waals surface area contributed by atoms with Crippen LogP contribution in [0.5, 0.6) is 0 Å². The third-order valence-electron chi connectivity index (χ3n) is 4.62. The van der Waals surface area contributed by atoms with Gasteiger partial charge in [0.05, 0.1) is 28.1 Å². The van der Waals surface area contributed by atoms with Crippen molar-refractivity contribution in [1.29, 1.82) is 0 Å². The van der Waals surface area contributed by atoms with Gasteiger partial charge in [0.15, 0.2) is 0 Å². The van der Waals surface area contributed by atoms with Crippen LogP contribution in [0, 0.1) is 0 Å². The molecule has 0 fully saturated rings. The van der Waals surface area contributed by atoms with Crippen molar-refractivity contribution in [2.75, 3.05) is 6.61 Å². The van der Waals surface area contributed by atoms with E-state index in [0.717, 1.165) is 38.8 Å². The molecule has 4 rings (SSSR count). The highest BCUT2D eigenvalue weighted by Gasteiger charge is 2.24. The molecule has 0 saturated heterocycles. The van der Waals surface area contributed by atoms with Gasteiger partial charge in [-0.2, -0.15) is 0 Å². The normalized spacial score (nSPS) is 15.7. The van der Waals surface area contributed by atoms with E-state index < -0.39 is 0 Å². The van der Waals surface area contributed by atoms with Crippen molar-refractivity contribution < 1.29 is 9.63 Å². The average molecular weight is 445 g/mol. The number of fused-ring (bicyclic) bond motifs is 1. The first kappa shape index (κ1) is 20.2. The number of hydrogen-bond donors (Lipinski definition) is 1. The summed E-state index contributed by atoms with van der Waals surface area (Å²) in [6.45, 7) is 2.24. The highest BCUT2D eigenvalue weighted by atomic mass is 35.5. The minimum atomic E-state index is -0.226. The van der Waals surface area contributed by atoms with E-state index in [1.54, 1.807) is 17.8 Å². The second-order valence-corrected chi connectivity index (χ2v) is 8.48. The zero-order valence-electron chi connectivity index (χ0n) is 15.7. The van der Waals surface area contributed by atoms with Gasteiger partial charge in [0.1, 0.15) is 0 Å². The van der Waals surface area contributed by atoms with Gasteiger partial charge >= 0.3 is 0 Å². The van der Waals surface area contributed by atoms with Gasteiger partial charge in [0.25, 0.3) is 5.91 Å². The second-order valence-electron chi connectivity index (χ2n) is 6.53. The first-order chi connectivity index (χ1) is 14.1. The predicted octanol–water partition coefficient (Wildman–Crippen LogP) is 5.94. The number of amides is 1. The summed E-state index contributed by atoms with van der Waals surface area (Å²) >= 11 is 14.1. The number of rotatable bonds is 4. The maximum atomic E-state index is 12.4. The number of halogens is 2. The Bertz CT molecular complexity index is 1080. The monoisotopic (exact) mass is 444 g/mol. The van der Waals surface area contributed by atoms with Crippen LogP contribution >= 0.6 is 35.0 Å². The fourth-order valence-corrected chi connectivity index (χ4v) is 4.60. The van der Waals surface area contributed by atoms with Gasteiger partial charge in [0, 0.05) is 26.5 Å². The molecule has 0 aromatic heterocycles. The van der Waals surface area contributed by atoms with Gasteiger partial charge < -0.3 is 0 Å². The smallest absolute Gasteiger partial charge is 0.270 e. The molecule has 29 heavy (non-hydrogen) atoms. The van der Waals surface area contributed by atoms with Crippen molar-refractivity contribution in [2.24, 2.45) is 4.99 Å². The fraction of sp³-hybridized carbons (Fsp3) is 0.182. The molecule has 0 spiro atoms. The number of allylic oxidation sites excluding steroid dienone is 2. The lowest BCUT2D eigenvalue weighted by molar-refractivity contribution is -0.129. The fourth-order valence-electron chi connectivity index (χ4n) is 3.20. The summed E-state index contributed by atoms with van der Waals surface area (Å²) in [7, 11) is 0. The Morgan fingerprint density at radius 2 is 2.00 bits per heavy atom. The summed E-state index contributed by atoms with van der Waals surface area (Å²) in [4.78, 5) is 24.6. The molecule has 0 radical (unpaired) electrons. The van der Waals surface area contributed by atoms with Crippen LogP contribution in [0.2, 0.25) is 10.0 Å². The molecule has 148 valence electrons. The van der Waals surface area contributed by atoms with Crippen LogP contribution in [0.3, 0.4) is 0 Å². The maximum absolute atomic E-state index is 12.4. The van der Waals surface area contributed by atoms with Gasteiger partial charge in [-0.1, -0.05) is 59.2 Å². The van der Waals surface area contributed by atoms with Crippen LogP contribution in [-0.2, 0) is 9.63 Å². The largest absolute Gasteiger partial charge is 0.274 e. The predicted molar refractivity (Wildman–Crippen MR) is 119 cm³/mol. The molecule has 1 N–H and O–H groups in total. The number of hydroxylamine groups is 1. The summed E-state index contributed by atoms with van der Waals surface area (Å²) in [5.74, 6) is -0.226. The molecule has 7 heteroatoms. The van der Waals surface area contributed by atoms with Crippen molar-refractivity contribution in [1.82, 2.24) is 5.48 Å². The minimum absolute atomic E-state index is 0.226. The van der Waals surface area contributed by atoms with Crippen molar-refractivity contribution in [3.63, 3.8) is 0 Å². The molecule has 0 saturated carbocycles. The van der Waals surface area contributed by atoms with Crippen molar-refractivity contribution >= 4 is 46.6 Å². The van der Waals surface area contributed by atoms with E-state index in [1.807, 2.05) is 37.3 Å². The molecule has 1 aliphatic heterocycles. The number of aliphatic imine (C=N–C) groups is 1. The SMILES string of the molecule is CCONC(=O)C1=CC2=C(CC1)Sc1ccccc1C(c1ccc(Cl)c(Cl)c1)=N2. The van der Waals surface area contributed by atoms with Crippen LogP contribution in [0.25, 0.3) is 0 Å². The lowest BCUT2D eigenvalue weighted by Crippen LogP contribution is -2.26. The number of nitrogens with zero attached hydrogens (tertiary/aromatic N) is 1. The number of carbonyl (C=O) groups is 1. The second kappa shape index (κ2) is 8.76. The highest BCUT2D eigenvalue weighted by molar-refractivity contribution is 8.03. The van der Waals surface area contributed by atoms with Crippen molar-refractivity contribution in [2.45, 2.75) is 24.7 Å². The van der Waals surface area contributed by atoms with Crippen LogP contribution in [0.15, 0.2) is 74.6 Å². The van der Waals surface area contributed by atoms with E-state index in [4.69, 9.17) is 33.0 Å². The first-order valence-corrected chi connectivity index (χ1v) is 10.8. The van der Waals surface area contributed by atoms with Gasteiger partial charge in [-0.15, -0.1) is 0 Å². The van der Waals surface area contributed by atoms with Gasteiger partial charge in [-0.3, -0.25) is 9.63 Å². The van der Waals surface area contributed by atoms with Crippen LogP contribution < -0.4 is 5.48 Å².